The number of rotatable bonds is 6. The number of aliphatic hydroxyl groups excluding tert-OH is 1. The molecule has 4 N–H and O–H groups in total. The quantitative estimate of drug-likeness (QED) is 0.370. The van der Waals surface area contributed by atoms with Gasteiger partial charge in [-0.1, -0.05) is 6.07 Å². The molecule has 1 aliphatic heterocycles. The summed E-state index contributed by atoms with van der Waals surface area (Å²) in [7, 11) is 0. The molecule has 1 aromatic carbocycles. The summed E-state index contributed by atoms with van der Waals surface area (Å²) in [6.07, 6.45) is 3.26. The topological polar surface area (TPSA) is 139 Å². The number of nitrogens with two attached hydrogens (primary N) is 1. The highest BCUT2D eigenvalue weighted by Crippen LogP contribution is 2.39. The molecule has 4 heterocycles. The van der Waals surface area contributed by atoms with Crippen LogP contribution < -0.4 is 16.0 Å². The number of carbonyl (C=O) groups is 1. The van der Waals surface area contributed by atoms with E-state index in [0.29, 0.717) is 30.2 Å². The third-order valence-corrected chi connectivity index (χ3v) is 6.90. The van der Waals surface area contributed by atoms with E-state index in [1.165, 1.54) is 0 Å². The third-order valence-electron chi connectivity index (χ3n) is 5.75. The Kier molecular flexibility index (Phi) is 6.53. The van der Waals surface area contributed by atoms with Crippen LogP contribution in [0.5, 0.6) is 0 Å². The summed E-state index contributed by atoms with van der Waals surface area (Å²) in [6, 6.07) is 7.66. The highest BCUT2D eigenvalue weighted by atomic mass is 32.1. The van der Waals surface area contributed by atoms with E-state index in [9.17, 15) is 4.79 Å². The SMILES string of the molecule is Cc1cc(C(=O)NCCO)ccc1-c1cc2nc(-c3cnc(N)nc3)nc(N3CCOCC3)c2s1. The van der Waals surface area contributed by atoms with Crippen molar-refractivity contribution in [2.24, 2.45) is 0 Å². The van der Waals surface area contributed by atoms with Crippen LogP contribution in [0.2, 0.25) is 0 Å². The highest BCUT2D eigenvalue weighted by Gasteiger charge is 2.21. The predicted octanol–water partition coefficient (Wildman–Crippen LogP) is 2.26. The molecule has 0 bridgehead atoms. The first-order valence-electron chi connectivity index (χ1n) is 11.3. The molecule has 0 unspecified atom stereocenters. The molecule has 0 spiro atoms. The molecular weight excluding hydrogens is 466 g/mol. The van der Waals surface area contributed by atoms with Gasteiger partial charge in [-0.15, -0.1) is 11.3 Å². The number of nitrogen functional groups attached to an aromatic ring is 1. The molecule has 0 atom stereocenters. The second-order valence-electron chi connectivity index (χ2n) is 8.13. The molecule has 10 nitrogen and oxygen atoms in total. The number of morpholine rings is 1. The van der Waals surface area contributed by atoms with E-state index in [4.69, 9.17) is 25.5 Å². The van der Waals surface area contributed by atoms with Crippen LogP contribution in [0, 0.1) is 6.92 Å². The van der Waals surface area contributed by atoms with Crippen LogP contribution in [-0.4, -0.2) is 70.4 Å². The Morgan fingerprint density at radius 2 is 1.97 bits per heavy atom. The Labute approximate surface area is 205 Å². The zero-order valence-corrected chi connectivity index (χ0v) is 20.0. The summed E-state index contributed by atoms with van der Waals surface area (Å²) in [5, 5.41) is 11.6. The van der Waals surface area contributed by atoms with Crippen molar-refractivity contribution < 1.29 is 14.6 Å². The first-order valence-corrected chi connectivity index (χ1v) is 12.1. The van der Waals surface area contributed by atoms with Gasteiger partial charge in [0.05, 0.1) is 35.6 Å². The van der Waals surface area contributed by atoms with Gasteiger partial charge < -0.3 is 25.8 Å². The second kappa shape index (κ2) is 9.90. The maximum absolute atomic E-state index is 12.3. The summed E-state index contributed by atoms with van der Waals surface area (Å²) in [6.45, 7) is 4.88. The van der Waals surface area contributed by atoms with E-state index in [0.717, 1.165) is 45.1 Å². The van der Waals surface area contributed by atoms with Crippen LogP contribution in [0.4, 0.5) is 11.8 Å². The Hall–Kier alpha value is -3.67. The predicted molar refractivity (Wildman–Crippen MR) is 135 cm³/mol. The van der Waals surface area contributed by atoms with Crippen LogP contribution in [-0.2, 0) is 4.74 Å². The molecule has 1 fully saturated rings. The van der Waals surface area contributed by atoms with Gasteiger partial charge in [-0.3, -0.25) is 4.79 Å². The average molecular weight is 492 g/mol. The van der Waals surface area contributed by atoms with Crippen molar-refractivity contribution >= 4 is 39.2 Å². The molecule has 11 heteroatoms. The van der Waals surface area contributed by atoms with Crippen molar-refractivity contribution in [3.8, 4) is 21.8 Å². The number of fused-ring (bicyclic) bond motifs is 1. The summed E-state index contributed by atoms with van der Waals surface area (Å²) in [4.78, 5) is 33.4. The number of aliphatic hydroxyl groups is 1. The van der Waals surface area contributed by atoms with Crippen LogP contribution in [0.15, 0.2) is 36.7 Å². The number of nitrogens with zero attached hydrogens (tertiary/aromatic N) is 5. The van der Waals surface area contributed by atoms with Gasteiger partial charge >= 0.3 is 0 Å². The molecule has 0 saturated carbocycles. The Morgan fingerprint density at radius 3 is 2.69 bits per heavy atom. The lowest BCUT2D eigenvalue weighted by atomic mass is 10.0. The number of hydrogen-bond donors (Lipinski definition) is 3. The summed E-state index contributed by atoms with van der Waals surface area (Å²) in [5.41, 5.74) is 9.74. The molecule has 0 aliphatic carbocycles. The normalized spacial score (nSPS) is 13.8. The van der Waals surface area contributed by atoms with Gasteiger partial charge in [-0.25, -0.2) is 19.9 Å². The minimum absolute atomic E-state index is 0.0957. The molecule has 180 valence electrons. The molecular formula is C24H25N7O3S. The van der Waals surface area contributed by atoms with Crippen molar-refractivity contribution in [3.63, 3.8) is 0 Å². The first-order chi connectivity index (χ1) is 17.0. The number of thiophene rings is 1. The Bertz CT molecular complexity index is 1370. The number of hydrogen-bond acceptors (Lipinski definition) is 10. The zero-order chi connectivity index (χ0) is 24.4. The molecule has 3 aromatic heterocycles. The molecule has 1 amide bonds. The lowest BCUT2D eigenvalue weighted by Gasteiger charge is -2.28. The zero-order valence-electron chi connectivity index (χ0n) is 19.2. The number of benzene rings is 1. The van der Waals surface area contributed by atoms with Gasteiger partial charge in [-0.05, 0) is 36.2 Å². The minimum Gasteiger partial charge on any atom is -0.395 e. The van der Waals surface area contributed by atoms with Crippen LogP contribution in [0.25, 0.3) is 32.0 Å². The number of anilines is 2. The summed E-state index contributed by atoms with van der Waals surface area (Å²) < 4.78 is 6.54. The maximum Gasteiger partial charge on any atom is 0.251 e. The summed E-state index contributed by atoms with van der Waals surface area (Å²) >= 11 is 1.63. The average Bonchev–Trinajstić information content (AvgIpc) is 3.31. The number of nitrogens with one attached hydrogen (secondary N) is 1. The minimum atomic E-state index is -0.208. The monoisotopic (exact) mass is 491 g/mol. The fourth-order valence-corrected chi connectivity index (χ4v) is 5.18. The molecule has 5 rings (SSSR count). The first kappa shape index (κ1) is 23.1. The fourth-order valence-electron chi connectivity index (χ4n) is 3.97. The third kappa shape index (κ3) is 4.78. The number of ether oxygens (including phenoxy) is 1. The van der Waals surface area contributed by atoms with E-state index in [-0.39, 0.29) is 25.0 Å². The standard InChI is InChI=1S/C24H25N7O3S/c1-14-10-15(23(33)26-4-7-32)2-3-17(14)19-11-18-20(35-19)22(31-5-8-34-9-6-31)30-21(29-18)16-12-27-24(25)28-13-16/h2-3,10-13,32H,4-9H2,1H3,(H,26,33)(H2,25,27,28). The van der Waals surface area contributed by atoms with Gasteiger partial charge in [-0.2, -0.15) is 0 Å². The molecule has 35 heavy (non-hydrogen) atoms. The molecule has 1 saturated heterocycles. The molecule has 4 aromatic rings. The van der Waals surface area contributed by atoms with E-state index >= 15 is 0 Å². The van der Waals surface area contributed by atoms with Crippen LogP contribution in [0.1, 0.15) is 15.9 Å². The smallest absolute Gasteiger partial charge is 0.251 e. The van der Waals surface area contributed by atoms with E-state index in [2.05, 4.69) is 26.3 Å². The highest BCUT2D eigenvalue weighted by molar-refractivity contribution is 7.22. The second-order valence-corrected chi connectivity index (χ2v) is 9.19. The fraction of sp³-hybridized carbons (Fsp3) is 0.292. The van der Waals surface area contributed by atoms with Gasteiger partial charge in [0.2, 0.25) is 5.95 Å². The van der Waals surface area contributed by atoms with E-state index in [1.54, 1.807) is 29.8 Å². The molecule has 1 aliphatic rings. The van der Waals surface area contributed by atoms with Crippen molar-refractivity contribution in [3.05, 3.63) is 47.8 Å². The lowest BCUT2D eigenvalue weighted by Crippen LogP contribution is -2.36. The van der Waals surface area contributed by atoms with E-state index in [1.807, 2.05) is 19.1 Å². The summed E-state index contributed by atoms with van der Waals surface area (Å²) in [5.74, 6) is 1.39. The Morgan fingerprint density at radius 1 is 1.20 bits per heavy atom. The number of aryl methyl sites for hydroxylation is 1. The van der Waals surface area contributed by atoms with Crippen molar-refractivity contribution in [1.82, 2.24) is 25.3 Å². The molecule has 0 radical (unpaired) electrons. The van der Waals surface area contributed by atoms with Crippen LogP contribution in [0.3, 0.4) is 0 Å². The van der Waals surface area contributed by atoms with Gasteiger partial charge in [0, 0.05) is 42.5 Å². The number of carbonyl (C=O) groups excluding carboxylic acids is 1. The van der Waals surface area contributed by atoms with Crippen molar-refractivity contribution in [2.75, 3.05) is 50.1 Å². The van der Waals surface area contributed by atoms with Crippen LogP contribution >= 0.6 is 11.3 Å². The van der Waals surface area contributed by atoms with Crippen molar-refractivity contribution in [1.29, 1.82) is 0 Å². The lowest BCUT2D eigenvalue weighted by molar-refractivity contribution is 0.0944. The Balaban J connectivity index is 1.58. The van der Waals surface area contributed by atoms with Crippen molar-refractivity contribution in [2.45, 2.75) is 6.92 Å². The number of aromatic nitrogens is 4. The largest absolute Gasteiger partial charge is 0.395 e. The number of amides is 1. The van der Waals surface area contributed by atoms with Gasteiger partial charge in [0.25, 0.3) is 5.91 Å². The maximum atomic E-state index is 12.3. The van der Waals surface area contributed by atoms with Gasteiger partial charge in [0.15, 0.2) is 11.6 Å². The van der Waals surface area contributed by atoms with E-state index < -0.39 is 0 Å². The van der Waals surface area contributed by atoms with Gasteiger partial charge in [0.1, 0.15) is 0 Å².